The summed E-state index contributed by atoms with van der Waals surface area (Å²) in [5, 5.41) is 11.3. The lowest BCUT2D eigenvalue weighted by Crippen LogP contribution is -2.14. The van der Waals surface area contributed by atoms with Crippen LogP contribution in [-0.2, 0) is 0 Å². The van der Waals surface area contributed by atoms with Gasteiger partial charge in [0.2, 0.25) is 0 Å². The van der Waals surface area contributed by atoms with Crippen molar-refractivity contribution in [2.45, 2.75) is 4.90 Å². The van der Waals surface area contributed by atoms with Crippen molar-refractivity contribution in [3.8, 4) is 6.07 Å². The van der Waals surface area contributed by atoms with E-state index in [1.165, 1.54) is 4.90 Å². The third-order valence-corrected chi connectivity index (χ3v) is 3.74. The summed E-state index contributed by atoms with van der Waals surface area (Å²) in [7, 11) is 1.89. The predicted molar refractivity (Wildman–Crippen MR) is 90.0 cm³/mol. The van der Waals surface area contributed by atoms with E-state index < -0.39 is 0 Å². The highest BCUT2D eigenvalue weighted by Gasteiger charge is 2.04. The SMILES string of the molecule is CN(/C(C#N)=C/C=C/Sc1ccccc1)c1ccccc1. The first-order valence-corrected chi connectivity index (χ1v) is 7.46. The van der Waals surface area contributed by atoms with Gasteiger partial charge in [-0.3, -0.25) is 0 Å². The molecular formula is C18H16N2S. The molecule has 0 aromatic heterocycles. The lowest BCUT2D eigenvalue weighted by molar-refractivity contribution is 1.14. The van der Waals surface area contributed by atoms with E-state index in [0.29, 0.717) is 5.70 Å². The molecule has 21 heavy (non-hydrogen) atoms. The van der Waals surface area contributed by atoms with Crippen LogP contribution in [0.4, 0.5) is 5.69 Å². The van der Waals surface area contributed by atoms with Crippen LogP contribution in [0, 0.1) is 11.3 Å². The molecule has 0 aliphatic rings. The van der Waals surface area contributed by atoms with Crippen molar-refractivity contribution in [3.63, 3.8) is 0 Å². The zero-order valence-electron chi connectivity index (χ0n) is 11.8. The molecule has 0 aliphatic carbocycles. The van der Waals surface area contributed by atoms with E-state index in [-0.39, 0.29) is 0 Å². The lowest BCUT2D eigenvalue weighted by Gasteiger charge is -2.17. The van der Waals surface area contributed by atoms with Crippen molar-refractivity contribution in [2.24, 2.45) is 0 Å². The first kappa shape index (κ1) is 15.0. The van der Waals surface area contributed by atoms with Gasteiger partial charge >= 0.3 is 0 Å². The molecule has 0 unspecified atom stereocenters. The van der Waals surface area contributed by atoms with E-state index in [9.17, 15) is 5.26 Å². The Bertz CT molecular complexity index is 655. The minimum absolute atomic E-state index is 0.603. The van der Waals surface area contributed by atoms with Gasteiger partial charge in [0.05, 0.1) is 0 Å². The predicted octanol–water partition coefficient (Wildman–Crippen LogP) is 4.84. The highest BCUT2D eigenvalue weighted by molar-refractivity contribution is 8.02. The number of allylic oxidation sites excluding steroid dienone is 3. The maximum atomic E-state index is 9.27. The van der Waals surface area contributed by atoms with Gasteiger partial charge in [-0.1, -0.05) is 54.2 Å². The number of hydrogen-bond acceptors (Lipinski definition) is 3. The molecule has 0 atom stereocenters. The van der Waals surface area contributed by atoms with Gasteiger partial charge in [0, 0.05) is 17.6 Å². The molecule has 2 aromatic carbocycles. The van der Waals surface area contributed by atoms with Gasteiger partial charge in [-0.2, -0.15) is 5.26 Å². The molecule has 0 radical (unpaired) electrons. The highest BCUT2D eigenvalue weighted by atomic mass is 32.2. The molecule has 0 fully saturated rings. The fourth-order valence-corrected chi connectivity index (χ4v) is 2.39. The van der Waals surface area contributed by atoms with E-state index in [4.69, 9.17) is 0 Å². The first-order chi connectivity index (χ1) is 10.3. The fourth-order valence-electron chi connectivity index (χ4n) is 1.76. The summed E-state index contributed by atoms with van der Waals surface area (Å²) in [6.45, 7) is 0. The number of nitriles is 1. The largest absolute Gasteiger partial charge is 0.336 e. The van der Waals surface area contributed by atoms with Crippen LogP contribution in [0.15, 0.2) is 88.8 Å². The average Bonchev–Trinajstić information content (AvgIpc) is 2.56. The summed E-state index contributed by atoms with van der Waals surface area (Å²) in [5.74, 6) is 0. The second-order valence-electron chi connectivity index (χ2n) is 4.32. The minimum Gasteiger partial charge on any atom is -0.336 e. The maximum absolute atomic E-state index is 9.27. The number of nitrogens with zero attached hydrogens (tertiary/aromatic N) is 2. The van der Waals surface area contributed by atoms with Gasteiger partial charge in [-0.25, -0.2) is 0 Å². The number of benzene rings is 2. The molecule has 104 valence electrons. The summed E-state index contributed by atoms with van der Waals surface area (Å²) in [6, 6.07) is 22.2. The molecule has 3 heteroatoms. The summed E-state index contributed by atoms with van der Waals surface area (Å²) in [5.41, 5.74) is 1.60. The van der Waals surface area contributed by atoms with E-state index in [1.807, 2.05) is 78.0 Å². The highest BCUT2D eigenvalue weighted by Crippen LogP contribution is 2.19. The first-order valence-electron chi connectivity index (χ1n) is 6.58. The summed E-state index contributed by atoms with van der Waals surface area (Å²) >= 11 is 1.63. The summed E-state index contributed by atoms with van der Waals surface area (Å²) in [4.78, 5) is 3.05. The smallest absolute Gasteiger partial charge is 0.120 e. The third kappa shape index (κ3) is 4.55. The number of para-hydroxylation sites is 1. The van der Waals surface area contributed by atoms with Gasteiger partial charge in [0.15, 0.2) is 0 Å². The van der Waals surface area contributed by atoms with Crippen LogP contribution < -0.4 is 4.90 Å². The Labute approximate surface area is 130 Å². The van der Waals surface area contributed by atoms with Gasteiger partial charge in [-0.15, -0.1) is 0 Å². The van der Waals surface area contributed by atoms with Gasteiger partial charge < -0.3 is 4.90 Å². The Hall–Kier alpha value is -2.44. The van der Waals surface area contributed by atoms with E-state index in [1.54, 1.807) is 11.8 Å². The quantitative estimate of drug-likeness (QED) is 0.448. The Morgan fingerprint density at radius 2 is 1.67 bits per heavy atom. The molecule has 0 bridgehead atoms. The normalized spacial score (nSPS) is 11.3. The molecule has 0 N–H and O–H groups in total. The topological polar surface area (TPSA) is 27.0 Å². The third-order valence-electron chi connectivity index (χ3n) is 2.90. The Morgan fingerprint density at radius 3 is 2.29 bits per heavy atom. The van der Waals surface area contributed by atoms with Gasteiger partial charge in [0.1, 0.15) is 11.8 Å². The standard InChI is InChI=1S/C18H16N2S/c1-20(16-9-4-2-5-10-16)17(15-19)11-8-14-21-18-12-6-3-7-13-18/h2-14H,1H3/b14-8+,17-11+. The molecule has 2 rings (SSSR count). The number of anilines is 1. The van der Waals surface area contributed by atoms with Crippen LogP contribution in [0.5, 0.6) is 0 Å². The zero-order valence-corrected chi connectivity index (χ0v) is 12.6. The molecule has 0 spiro atoms. The van der Waals surface area contributed by atoms with Crippen LogP contribution in [0.25, 0.3) is 0 Å². The summed E-state index contributed by atoms with van der Waals surface area (Å²) in [6.07, 6.45) is 3.72. The van der Waals surface area contributed by atoms with E-state index in [2.05, 4.69) is 18.2 Å². The molecule has 0 amide bonds. The maximum Gasteiger partial charge on any atom is 0.120 e. The second-order valence-corrected chi connectivity index (χ2v) is 5.30. The van der Waals surface area contributed by atoms with Crippen molar-refractivity contribution >= 4 is 17.4 Å². The Balaban J connectivity index is 2.02. The minimum atomic E-state index is 0.603. The molecule has 0 aliphatic heterocycles. The number of thioether (sulfide) groups is 1. The monoisotopic (exact) mass is 292 g/mol. The van der Waals surface area contributed by atoms with Gasteiger partial charge in [0.25, 0.3) is 0 Å². The molecule has 0 saturated heterocycles. The van der Waals surface area contributed by atoms with Crippen LogP contribution in [-0.4, -0.2) is 7.05 Å². The Morgan fingerprint density at radius 1 is 1.05 bits per heavy atom. The number of rotatable bonds is 5. The zero-order chi connectivity index (χ0) is 14.9. The Kier molecular flexibility index (Phi) is 5.69. The van der Waals surface area contributed by atoms with Crippen LogP contribution in [0.3, 0.4) is 0 Å². The van der Waals surface area contributed by atoms with Crippen LogP contribution in [0.1, 0.15) is 0 Å². The van der Waals surface area contributed by atoms with E-state index >= 15 is 0 Å². The molecule has 2 aromatic rings. The molecule has 0 heterocycles. The van der Waals surface area contributed by atoms with Crippen LogP contribution >= 0.6 is 11.8 Å². The lowest BCUT2D eigenvalue weighted by atomic mass is 10.2. The van der Waals surface area contributed by atoms with Crippen molar-refractivity contribution in [2.75, 3.05) is 11.9 Å². The van der Waals surface area contributed by atoms with Crippen molar-refractivity contribution in [1.29, 1.82) is 5.26 Å². The second kappa shape index (κ2) is 7.98. The molecule has 0 saturated carbocycles. The molecular weight excluding hydrogens is 276 g/mol. The fraction of sp³-hybridized carbons (Fsp3) is 0.0556. The van der Waals surface area contributed by atoms with E-state index in [0.717, 1.165) is 5.69 Å². The molecule has 2 nitrogen and oxygen atoms in total. The van der Waals surface area contributed by atoms with Crippen molar-refractivity contribution in [1.82, 2.24) is 0 Å². The number of hydrogen-bond donors (Lipinski definition) is 0. The van der Waals surface area contributed by atoms with Crippen LogP contribution in [0.2, 0.25) is 0 Å². The van der Waals surface area contributed by atoms with Gasteiger partial charge in [-0.05, 0) is 35.7 Å². The average molecular weight is 292 g/mol. The van der Waals surface area contributed by atoms with Crippen molar-refractivity contribution in [3.05, 3.63) is 83.9 Å². The van der Waals surface area contributed by atoms with Crippen molar-refractivity contribution < 1.29 is 0 Å². The summed E-state index contributed by atoms with van der Waals surface area (Å²) < 4.78 is 0.